The van der Waals surface area contributed by atoms with Crippen molar-refractivity contribution in [1.82, 2.24) is 15.0 Å². The summed E-state index contributed by atoms with van der Waals surface area (Å²) in [6, 6.07) is 4.70. The Morgan fingerprint density at radius 3 is 2.44 bits per heavy atom. The Kier molecular flexibility index (Phi) is 4.40. The number of carbonyl (C=O) groups excluding carboxylic acids is 2. The quantitative estimate of drug-likeness (QED) is 0.726. The van der Waals surface area contributed by atoms with Gasteiger partial charge in [-0.05, 0) is 43.4 Å². The Morgan fingerprint density at radius 1 is 1.03 bits per heavy atom. The molecule has 1 aliphatic carbocycles. The van der Waals surface area contributed by atoms with Crippen LogP contribution in [0, 0.1) is 11.6 Å². The van der Waals surface area contributed by atoms with Crippen molar-refractivity contribution in [3.63, 3.8) is 0 Å². The molecule has 9 heteroatoms. The van der Waals surface area contributed by atoms with Gasteiger partial charge in [0.25, 0.3) is 11.8 Å². The van der Waals surface area contributed by atoms with Gasteiger partial charge in [-0.15, -0.1) is 0 Å². The summed E-state index contributed by atoms with van der Waals surface area (Å²) in [5, 5.41) is 3.93. The maximum absolute atomic E-state index is 13.8. The lowest BCUT2D eigenvalue weighted by atomic mass is 9.89. The van der Waals surface area contributed by atoms with Gasteiger partial charge in [-0.3, -0.25) is 9.59 Å². The van der Waals surface area contributed by atoms with Crippen LogP contribution in [0.4, 0.5) is 8.78 Å². The number of carbonyl (C=O) groups is 2. The summed E-state index contributed by atoms with van der Waals surface area (Å²) in [6.07, 6.45) is 3.68. The molecule has 4 aliphatic rings. The van der Waals surface area contributed by atoms with Crippen molar-refractivity contribution in [3.05, 3.63) is 52.9 Å². The van der Waals surface area contributed by atoms with Gasteiger partial charge in [-0.2, -0.15) is 0 Å². The highest BCUT2D eigenvalue weighted by Crippen LogP contribution is 2.48. The van der Waals surface area contributed by atoms with Gasteiger partial charge < -0.3 is 19.1 Å². The molecule has 1 aromatic carbocycles. The molecule has 4 fully saturated rings. The monoisotopic (exact) mass is 443 g/mol. The number of likely N-dealkylation sites (tertiary alicyclic amines) is 1. The fourth-order valence-corrected chi connectivity index (χ4v) is 5.32. The SMILES string of the molecule is O=C(c1cc(C2CC2)on1)N1CCC2(CC1)OC1CC[C@@H](c3cc(F)cc(F)c3)N1C2=O. The van der Waals surface area contributed by atoms with E-state index in [4.69, 9.17) is 9.26 Å². The number of ether oxygens (including phenoxy) is 1. The first-order valence-corrected chi connectivity index (χ1v) is 11.2. The lowest BCUT2D eigenvalue weighted by molar-refractivity contribution is -0.142. The molecular formula is C23H23F2N3O4. The van der Waals surface area contributed by atoms with Crippen molar-refractivity contribution in [2.75, 3.05) is 13.1 Å². The van der Waals surface area contributed by atoms with Crippen molar-refractivity contribution in [3.8, 4) is 0 Å². The second-order valence-electron chi connectivity index (χ2n) is 9.26. The number of nitrogens with zero attached hydrogens (tertiary/aromatic N) is 3. The third-order valence-electron chi connectivity index (χ3n) is 7.17. The standard InChI is InChI=1S/C23H23F2N3O4/c24-15-9-14(10-16(25)11-15)18-3-4-20-28(18)22(30)23(31-20)5-7-27(8-6-23)21(29)17-12-19(32-26-17)13-1-2-13/h9-13,18,20H,1-8H2/t18-,20?/m0/s1. The molecule has 4 heterocycles. The summed E-state index contributed by atoms with van der Waals surface area (Å²) < 4.78 is 39.0. The Hall–Kier alpha value is -2.81. The minimum atomic E-state index is -0.991. The Morgan fingerprint density at radius 2 is 1.75 bits per heavy atom. The highest BCUT2D eigenvalue weighted by Gasteiger charge is 2.58. The Bertz CT molecular complexity index is 1070. The van der Waals surface area contributed by atoms with E-state index >= 15 is 0 Å². The van der Waals surface area contributed by atoms with Crippen molar-refractivity contribution in [1.29, 1.82) is 0 Å². The first kappa shape index (κ1) is 19.8. The van der Waals surface area contributed by atoms with Crippen LogP contribution in [0.25, 0.3) is 0 Å². The molecule has 2 amide bonds. The first-order valence-electron chi connectivity index (χ1n) is 11.2. The topological polar surface area (TPSA) is 75.9 Å². The lowest BCUT2D eigenvalue weighted by Gasteiger charge is -2.37. The molecular weight excluding hydrogens is 420 g/mol. The molecule has 6 rings (SSSR count). The van der Waals surface area contributed by atoms with Crippen molar-refractivity contribution in [2.45, 2.75) is 62.3 Å². The first-order chi connectivity index (χ1) is 15.4. The molecule has 1 saturated carbocycles. The number of rotatable bonds is 3. The number of hydrogen-bond donors (Lipinski definition) is 0. The van der Waals surface area contributed by atoms with Crippen molar-refractivity contribution < 1.29 is 27.6 Å². The van der Waals surface area contributed by atoms with E-state index in [9.17, 15) is 18.4 Å². The van der Waals surface area contributed by atoms with Crippen LogP contribution in [0.1, 0.15) is 72.3 Å². The van der Waals surface area contributed by atoms with Gasteiger partial charge in [0.1, 0.15) is 23.6 Å². The Balaban J connectivity index is 1.16. The summed E-state index contributed by atoms with van der Waals surface area (Å²) in [5.74, 6) is -0.526. The van der Waals surface area contributed by atoms with Gasteiger partial charge >= 0.3 is 0 Å². The predicted octanol–water partition coefficient (Wildman–Crippen LogP) is 3.53. The second kappa shape index (κ2) is 7.10. The molecule has 3 saturated heterocycles. The molecule has 168 valence electrons. The van der Waals surface area contributed by atoms with Crippen molar-refractivity contribution in [2.24, 2.45) is 0 Å². The van der Waals surface area contributed by atoms with Crippen LogP contribution in [0.15, 0.2) is 28.8 Å². The van der Waals surface area contributed by atoms with Crippen LogP contribution in [0.5, 0.6) is 0 Å². The summed E-state index contributed by atoms with van der Waals surface area (Å²) in [5.41, 5.74) is -0.242. The van der Waals surface area contributed by atoms with Gasteiger partial charge in [0.2, 0.25) is 0 Å². The predicted molar refractivity (Wildman–Crippen MR) is 106 cm³/mol. The zero-order chi connectivity index (χ0) is 22.0. The maximum Gasteiger partial charge on any atom is 0.276 e. The van der Waals surface area contributed by atoms with Crippen LogP contribution >= 0.6 is 0 Å². The van der Waals surface area contributed by atoms with E-state index in [-0.39, 0.29) is 11.8 Å². The molecule has 32 heavy (non-hydrogen) atoms. The van der Waals surface area contributed by atoms with E-state index in [1.807, 2.05) is 0 Å². The number of fused-ring (bicyclic) bond motifs is 1. The zero-order valence-corrected chi connectivity index (χ0v) is 17.4. The van der Waals surface area contributed by atoms with Gasteiger partial charge in [-0.1, -0.05) is 5.16 Å². The normalized spacial score (nSPS) is 26.8. The average Bonchev–Trinajstić information content (AvgIpc) is 3.25. The minimum absolute atomic E-state index is 0.153. The molecule has 2 atom stereocenters. The van der Waals surface area contributed by atoms with Crippen LogP contribution in [-0.2, 0) is 9.53 Å². The fourth-order valence-electron chi connectivity index (χ4n) is 5.32. The minimum Gasteiger partial charge on any atom is -0.360 e. The third kappa shape index (κ3) is 3.13. The highest BCUT2D eigenvalue weighted by atomic mass is 19.1. The number of aromatic nitrogens is 1. The van der Waals surface area contributed by atoms with E-state index < -0.39 is 29.5 Å². The van der Waals surface area contributed by atoms with Gasteiger partial charge in [0, 0.05) is 44.0 Å². The van der Waals surface area contributed by atoms with Crippen molar-refractivity contribution >= 4 is 11.8 Å². The fraction of sp³-hybridized carbons (Fsp3) is 0.522. The summed E-state index contributed by atoms with van der Waals surface area (Å²) >= 11 is 0. The molecule has 2 aromatic rings. The van der Waals surface area contributed by atoms with E-state index in [2.05, 4.69) is 5.16 Å². The van der Waals surface area contributed by atoms with E-state index in [1.54, 1.807) is 15.9 Å². The third-order valence-corrected chi connectivity index (χ3v) is 7.17. The zero-order valence-electron chi connectivity index (χ0n) is 17.4. The van der Waals surface area contributed by atoms with E-state index in [0.29, 0.717) is 55.9 Å². The number of piperidine rings is 1. The largest absolute Gasteiger partial charge is 0.360 e. The van der Waals surface area contributed by atoms with E-state index in [0.717, 1.165) is 24.7 Å². The number of amides is 2. The smallest absolute Gasteiger partial charge is 0.276 e. The van der Waals surface area contributed by atoms with Gasteiger partial charge in [0.15, 0.2) is 11.3 Å². The van der Waals surface area contributed by atoms with Crippen LogP contribution < -0.4 is 0 Å². The van der Waals surface area contributed by atoms with E-state index in [1.165, 1.54) is 12.1 Å². The van der Waals surface area contributed by atoms with Gasteiger partial charge in [0.05, 0.1) is 6.04 Å². The molecule has 3 aliphatic heterocycles. The summed E-state index contributed by atoms with van der Waals surface area (Å²) in [6.45, 7) is 0.742. The van der Waals surface area contributed by atoms with Crippen LogP contribution in [0.3, 0.4) is 0 Å². The highest BCUT2D eigenvalue weighted by molar-refractivity contribution is 5.93. The lowest BCUT2D eigenvalue weighted by Crippen LogP contribution is -2.51. The maximum atomic E-state index is 13.8. The molecule has 7 nitrogen and oxygen atoms in total. The molecule has 0 radical (unpaired) electrons. The summed E-state index contributed by atoms with van der Waals surface area (Å²) in [7, 11) is 0. The molecule has 0 bridgehead atoms. The number of halogens is 2. The second-order valence-corrected chi connectivity index (χ2v) is 9.26. The molecule has 0 N–H and O–H groups in total. The number of hydrogen-bond acceptors (Lipinski definition) is 5. The molecule has 1 unspecified atom stereocenters. The molecule has 1 spiro atoms. The Labute approximate surface area is 183 Å². The van der Waals surface area contributed by atoms with Crippen LogP contribution in [0.2, 0.25) is 0 Å². The van der Waals surface area contributed by atoms with Gasteiger partial charge in [-0.25, -0.2) is 8.78 Å². The van der Waals surface area contributed by atoms with Crippen LogP contribution in [-0.4, -0.2) is 51.7 Å². The molecule has 1 aromatic heterocycles. The number of benzene rings is 1. The summed E-state index contributed by atoms with van der Waals surface area (Å²) in [4.78, 5) is 29.6. The average molecular weight is 443 g/mol.